The molecule has 2 heterocycles. The third-order valence-corrected chi connectivity index (χ3v) is 5.41. The molecule has 2 atom stereocenters. The second-order valence-corrected chi connectivity index (χ2v) is 7.02. The van der Waals surface area contributed by atoms with Crippen molar-refractivity contribution in [2.75, 3.05) is 20.8 Å². The van der Waals surface area contributed by atoms with E-state index in [4.69, 9.17) is 25.9 Å². The highest BCUT2D eigenvalue weighted by atomic mass is 35.5. The molecule has 0 N–H and O–H groups in total. The molecule has 1 saturated heterocycles. The quantitative estimate of drug-likeness (QED) is 0.782. The van der Waals surface area contributed by atoms with Gasteiger partial charge in [-0.3, -0.25) is 4.79 Å². The fourth-order valence-electron chi connectivity index (χ4n) is 3.65. The molecule has 26 heavy (non-hydrogen) atoms. The zero-order valence-electron chi connectivity index (χ0n) is 15.5. The number of oxime groups is 1. The van der Waals surface area contributed by atoms with E-state index in [1.54, 1.807) is 26.4 Å². The summed E-state index contributed by atoms with van der Waals surface area (Å²) < 4.78 is 10.7. The molecule has 0 saturated carbocycles. The van der Waals surface area contributed by atoms with E-state index < -0.39 is 6.10 Å². The molecule has 0 unspecified atom stereocenters. The number of amides is 1. The first-order valence-electron chi connectivity index (χ1n) is 9.04. The fourth-order valence-corrected chi connectivity index (χ4v) is 3.90. The molecule has 0 spiro atoms. The van der Waals surface area contributed by atoms with Crippen molar-refractivity contribution in [2.24, 2.45) is 5.16 Å². The van der Waals surface area contributed by atoms with Gasteiger partial charge in [0.25, 0.3) is 5.91 Å². The van der Waals surface area contributed by atoms with Crippen LogP contribution in [-0.2, 0) is 9.63 Å². The predicted octanol–water partition coefficient (Wildman–Crippen LogP) is 3.64. The number of carbonyl (C=O) groups is 1. The second kappa shape index (κ2) is 8.16. The van der Waals surface area contributed by atoms with Crippen molar-refractivity contribution in [3.05, 3.63) is 22.7 Å². The van der Waals surface area contributed by atoms with Crippen molar-refractivity contribution < 1.29 is 19.1 Å². The van der Waals surface area contributed by atoms with Crippen LogP contribution in [0.2, 0.25) is 5.02 Å². The van der Waals surface area contributed by atoms with Crippen molar-refractivity contribution in [1.29, 1.82) is 0 Å². The molecule has 2 aliphatic rings. The van der Waals surface area contributed by atoms with Crippen molar-refractivity contribution in [3.8, 4) is 11.5 Å². The van der Waals surface area contributed by atoms with Gasteiger partial charge in [-0.05, 0) is 31.7 Å². The number of halogens is 1. The van der Waals surface area contributed by atoms with Gasteiger partial charge in [-0.2, -0.15) is 0 Å². The number of piperidine rings is 1. The Balaban J connectivity index is 1.76. The molecule has 1 fully saturated rings. The van der Waals surface area contributed by atoms with Gasteiger partial charge in [0.1, 0.15) is 11.5 Å². The highest BCUT2D eigenvalue weighted by Gasteiger charge is 2.36. The van der Waals surface area contributed by atoms with E-state index in [9.17, 15) is 4.79 Å². The third kappa shape index (κ3) is 3.61. The molecule has 0 radical (unpaired) electrons. The lowest BCUT2D eigenvalue weighted by atomic mass is 9.97. The van der Waals surface area contributed by atoms with E-state index in [0.717, 1.165) is 31.4 Å². The van der Waals surface area contributed by atoms with Gasteiger partial charge in [-0.1, -0.05) is 23.7 Å². The Hall–Kier alpha value is -1.95. The maximum Gasteiger partial charge on any atom is 0.267 e. The normalized spacial score (nSPS) is 22.6. The monoisotopic (exact) mass is 380 g/mol. The maximum absolute atomic E-state index is 12.9. The number of rotatable bonds is 5. The molecule has 1 aromatic rings. The summed E-state index contributed by atoms with van der Waals surface area (Å²) in [5.74, 6) is 1.14. The van der Waals surface area contributed by atoms with Crippen molar-refractivity contribution >= 4 is 23.2 Å². The lowest BCUT2D eigenvalue weighted by Crippen LogP contribution is -2.48. The topological polar surface area (TPSA) is 60.4 Å². The van der Waals surface area contributed by atoms with Crippen LogP contribution in [0.5, 0.6) is 11.5 Å². The molecule has 142 valence electrons. The van der Waals surface area contributed by atoms with Crippen LogP contribution in [-0.4, -0.2) is 49.4 Å². The van der Waals surface area contributed by atoms with Gasteiger partial charge in [-0.15, -0.1) is 0 Å². The Morgan fingerprint density at radius 3 is 2.77 bits per heavy atom. The molecule has 1 amide bonds. The van der Waals surface area contributed by atoms with Crippen LogP contribution in [0.25, 0.3) is 0 Å². The van der Waals surface area contributed by atoms with Crippen LogP contribution < -0.4 is 9.47 Å². The molecular formula is C19H25ClN2O4. The fraction of sp³-hybridized carbons (Fsp3) is 0.579. The number of hydrogen-bond donors (Lipinski definition) is 0. The van der Waals surface area contributed by atoms with Crippen LogP contribution in [0.4, 0.5) is 0 Å². The minimum atomic E-state index is -0.581. The minimum Gasteiger partial charge on any atom is -0.496 e. The lowest BCUT2D eigenvalue weighted by molar-refractivity contribution is -0.146. The summed E-state index contributed by atoms with van der Waals surface area (Å²) in [5, 5.41) is 4.61. The number of hydrogen-bond acceptors (Lipinski definition) is 5. The number of likely N-dealkylation sites (tertiary alicyclic amines) is 1. The Morgan fingerprint density at radius 1 is 1.31 bits per heavy atom. The smallest absolute Gasteiger partial charge is 0.267 e. The highest BCUT2D eigenvalue weighted by molar-refractivity contribution is 6.32. The highest BCUT2D eigenvalue weighted by Crippen LogP contribution is 2.35. The largest absolute Gasteiger partial charge is 0.496 e. The molecule has 0 aromatic heterocycles. The van der Waals surface area contributed by atoms with Gasteiger partial charge in [0.2, 0.25) is 6.10 Å². The number of ether oxygens (including phenoxy) is 2. The molecule has 7 heteroatoms. The first kappa shape index (κ1) is 18.8. The average molecular weight is 381 g/mol. The molecule has 3 rings (SSSR count). The molecule has 0 aliphatic carbocycles. The summed E-state index contributed by atoms with van der Waals surface area (Å²) >= 11 is 6.24. The lowest BCUT2D eigenvalue weighted by Gasteiger charge is -2.36. The maximum atomic E-state index is 12.9. The van der Waals surface area contributed by atoms with Crippen LogP contribution in [0.1, 0.15) is 44.6 Å². The summed E-state index contributed by atoms with van der Waals surface area (Å²) in [6, 6.07) is 3.76. The second-order valence-electron chi connectivity index (χ2n) is 6.61. The first-order chi connectivity index (χ1) is 12.6. The number of carbonyl (C=O) groups excluding carboxylic acids is 1. The predicted molar refractivity (Wildman–Crippen MR) is 100 cm³/mol. The van der Waals surface area contributed by atoms with Gasteiger partial charge in [0.05, 0.1) is 25.0 Å². The van der Waals surface area contributed by atoms with E-state index in [0.29, 0.717) is 34.7 Å². The Kier molecular flexibility index (Phi) is 5.91. The SMILES string of the molecule is CC[C@H]1CCCCN1C(=O)[C@@H]1CC(c2cc(Cl)c(OC)cc2OC)=NO1. The van der Waals surface area contributed by atoms with Crippen molar-refractivity contribution in [2.45, 2.75) is 51.2 Å². The van der Waals surface area contributed by atoms with Gasteiger partial charge in [0.15, 0.2) is 0 Å². The van der Waals surface area contributed by atoms with Crippen LogP contribution in [0, 0.1) is 0 Å². The number of methoxy groups -OCH3 is 2. The van der Waals surface area contributed by atoms with Crippen LogP contribution in [0.15, 0.2) is 17.3 Å². The third-order valence-electron chi connectivity index (χ3n) is 5.11. The van der Waals surface area contributed by atoms with E-state index in [1.165, 1.54) is 6.42 Å². The van der Waals surface area contributed by atoms with Gasteiger partial charge in [-0.25, -0.2) is 0 Å². The summed E-state index contributed by atoms with van der Waals surface area (Å²) in [4.78, 5) is 20.4. The molecule has 2 aliphatic heterocycles. The van der Waals surface area contributed by atoms with Crippen molar-refractivity contribution in [3.63, 3.8) is 0 Å². The zero-order chi connectivity index (χ0) is 18.7. The van der Waals surface area contributed by atoms with Crippen molar-refractivity contribution in [1.82, 2.24) is 4.90 Å². The Labute approximate surface area is 159 Å². The average Bonchev–Trinajstić information content (AvgIpc) is 3.17. The number of nitrogens with zero attached hydrogens (tertiary/aromatic N) is 2. The first-order valence-corrected chi connectivity index (χ1v) is 9.41. The van der Waals surface area contributed by atoms with Gasteiger partial charge in [0, 0.05) is 30.6 Å². The molecular weight excluding hydrogens is 356 g/mol. The number of benzene rings is 1. The summed E-state index contributed by atoms with van der Waals surface area (Å²) in [6.07, 6.45) is 4.08. The van der Waals surface area contributed by atoms with Gasteiger partial charge >= 0.3 is 0 Å². The van der Waals surface area contributed by atoms with Crippen LogP contribution in [0.3, 0.4) is 0 Å². The summed E-state index contributed by atoms with van der Waals surface area (Å²) in [6.45, 7) is 2.92. The summed E-state index contributed by atoms with van der Waals surface area (Å²) in [5.41, 5.74) is 1.38. The van der Waals surface area contributed by atoms with E-state index >= 15 is 0 Å². The zero-order valence-corrected chi connectivity index (χ0v) is 16.2. The molecule has 0 bridgehead atoms. The minimum absolute atomic E-state index is 0.0221. The molecule has 1 aromatic carbocycles. The van der Waals surface area contributed by atoms with Gasteiger partial charge < -0.3 is 19.2 Å². The molecule has 6 nitrogen and oxygen atoms in total. The van der Waals surface area contributed by atoms with E-state index in [1.807, 2.05) is 4.90 Å². The van der Waals surface area contributed by atoms with E-state index in [-0.39, 0.29) is 5.91 Å². The van der Waals surface area contributed by atoms with E-state index in [2.05, 4.69) is 12.1 Å². The Morgan fingerprint density at radius 2 is 2.08 bits per heavy atom. The Bertz CT molecular complexity index is 707. The van der Waals surface area contributed by atoms with Crippen LogP contribution >= 0.6 is 11.6 Å². The summed E-state index contributed by atoms with van der Waals surface area (Å²) in [7, 11) is 3.12. The standard InChI is InChI=1S/C19H25ClN2O4/c1-4-12-7-5-6-8-22(12)19(23)18-10-15(21-26-18)13-9-14(20)17(25-3)11-16(13)24-2/h9,11-12,18H,4-8,10H2,1-3H3/t12-,18-/m0/s1.